The highest BCUT2D eigenvalue weighted by Gasteiger charge is 2.22. The monoisotopic (exact) mass is 287 g/mol. The smallest absolute Gasteiger partial charge is 0.246 e. The molecule has 1 N–H and O–H groups in total. The van der Waals surface area contributed by atoms with E-state index in [9.17, 15) is 17.2 Å². The van der Waals surface area contributed by atoms with Crippen molar-refractivity contribution in [2.45, 2.75) is 11.4 Å². The molecular weight excluding hydrogens is 276 g/mol. The molecule has 0 amide bonds. The first-order valence-corrected chi connectivity index (χ1v) is 6.74. The normalized spacial score (nSPS) is 12.0. The number of nitrogens with one attached hydrogen (secondary N) is 1. The van der Waals surface area contributed by atoms with Gasteiger partial charge in [0, 0.05) is 31.4 Å². The van der Waals surface area contributed by atoms with Crippen molar-refractivity contribution >= 4 is 10.0 Å². The van der Waals surface area contributed by atoms with E-state index in [0.717, 1.165) is 16.6 Å². The first-order chi connectivity index (χ1) is 8.91. The summed E-state index contributed by atoms with van der Waals surface area (Å²) in [5, 5.41) is 5.95. The predicted octanol–water partition coefficient (Wildman–Crippen LogP) is 1.51. The summed E-state index contributed by atoms with van der Waals surface area (Å²) in [6.07, 6.45) is 2.39. The van der Waals surface area contributed by atoms with Crippen molar-refractivity contribution in [3.8, 4) is 0 Å². The van der Waals surface area contributed by atoms with Crippen molar-refractivity contribution in [1.82, 2.24) is 14.5 Å². The van der Waals surface area contributed by atoms with Crippen molar-refractivity contribution in [1.29, 1.82) is 0 Å². The van der Waals surface area contributed by atoms with Crippen LogP contribution in [-0.2, 0) is 16.6 Å². The van der Waals surface area contributed by atoms with Gasteiger partial charge < -0.3 is 0 Å². The van der Waals surface area contributed by atoms with Gasteiger partial charge >= 0.3 is 0 Å². The van der Waals surface area contributed by atoms with Crippen molar-refractivity contribution in [3.05, 3.63) is 47.8 Å². The minimum absolute atomic E-state index is 0.0162. The summed E-state index contributed by atoms with van der Waals surface area (Å²) in [6, 6.07) is 3.01. The Balaban J connectivity index is 2.24. The fourth-order valence-corrected chi connectivity index (χ4v) is 2.59. The van der Waals surface area contributed by atoms with Crippen LogP contribution in [0.2, 0.25) is 0 Å². The summed E-state index contributed by atoms with van der Waals surface area (Å²) in [5.41, 5.74) is 0.0935. The topological polar surface area (TPSA) is 66.1 Å². The van der Waals surface area contributed by atoms with Gasteiger partial charge in [0.2, 0.25) is 10.0 Å². The molecule has 1 heterocycles. The number of sulfonamides is 1. The van der Waals surface area contributed by atoms with Crippen molar-refractivity contribution in [2.75, 3.05) is 7.05 Å². The number of hydrogen-bond acceptors (Lipinski definition) is 3. The third kappa shape index (κ3) is 2.79. The Hall–Kier alpha value is -1.80. The zero-order valence-corrected chi connectivity index (χ0v) is 10.8. The molecule has 2 rings (SSSR count). The van der Waals surface area contributed by atoms with Crippen molar-refractivity contribution in [3.63, 3.8) is 0 Å². The fourth-order valence-electron chi connectivity index (χ4n) is 1.53. The number of halogens is 2. The predicted molar refractivity (Wildman–Crippen MR) is 63.6 cm³/mol. The second-order valence-electron chi connectivity index (χ2n) is 3.93. The molecule has 8 heteroatoms. The molecule has 0 spiro atoms. The molecule has 102 valence electrons. The summed E-state index contributed by atoms with van der Waals surface area (Å²) in [7, 11) is -2.43. The standard InChI is InChI=1S/C11H11F2N3O2S/c1-16(19(17,18)10-5-14-15-6-10)7-8-2-3-9(12)4-11(8)13/h2-6H,7H2,1H3,(H,14,15). The Labute approximate surface area is 108 Å². The quantitative estimate of drug-likeness (QED) is 0.927. The first kappa shape index (κ1) is 13.6. The molecule has 2 aromatic rings. The molecule has 0 saturated carbocycles. The molecule has 0 radical (unpaired) electrons. The average molecular weight is 287 g/mol. The van der Waals surface area contributed by atoms with Gasteiger partial charge in [-0.25, -0.2) is 17.2 Å². The minimum Gasteiger partial charge on any atom is -0.284 e. The van der Waals surface area contributed by atoms with Crippen LogP contribution in [-0.4, -0.2) is 30.0 Å². The molecule has 0 aliphatic carbocycles. The van der Waals surface area contributed by atoms with Gasteiger partial charge in [0.25, 0.3) is 0 Å². The zero-order valence-electron chi connectivity index (χ0n) is 9.97. The summed E-state index contributed by atoms with van der Waals surface area (Å²) >= 11 is 0. The van der Waals surface area contributed by atoms with Crippen LogP contribution >= 0.6 is 0 Å². The molecule has 0 bridgehead atoms. The van der Waals surface area contributed by atoms with E-state index in [1.165, 1.54) is 19.3 Å². The molecule has 1 aromatic heterocycles. The SMILES string of the molecule is CN(Cc1ccc(F)cc1F)S(=O)(=O)c1cn[nH]c1. The highest BCUT2D eigenvalue weighted by Crippen LogP contribution is 2.17. The van der Waals surface area contributed by atoms with Gasteiger partial charge in [-0.05, 0) is 6.07 Å². The Kier molecular flexibility index (Phi) is 3.63. The highest BCUT2D eigenvalue weighted by molar-refractivity contribution is 7.89. The number of rotatable bonds is 4. The number of benzene rings is 1. The second kappa shape index (κ2) is 5.06. The number of aromatic amines is 1. The lowest BCUT2D eigenvalue weighted by atomic mass is 10.2. The minimum atomic E-state index is -3.74. The van der Waals surface area contributed by atoms with E-state index in [2.05, 4.69) is 10.2 Å². The summed E-state index contributed by atoms with van der Waals surface area (Å²) in [5.74, 6) is -1.49. The average Bonchev–Trinajstić information content (AvgIpc) is 2.86. The number of hydrogen-bond donors (Lipinski definition) is 1. The Morgan fingerprint density at radius 2 is 2.11 bits per heavy atom. The molecule has 5 nitrogen and oxygen atoms in total. The summed E-state index contributed by atoms with van der Waals surface area (Å²) in [4.78, 5) is -0.0162. The van der Waals surface area contributed by atoms with Crippen LogP contribution < -0.4 is 0 Å². The molecule has 0 unspecified atom stereocenters. The van der Waals surface area contributed by atoms with E-state index in [0.29, 0.717) is 6.07 Å². The summed E-state index contributed by atoms with van der Waals surface area (Å²) in [6.45, 7) is -0.195. The van der Waals surface area contributed by atoms with Crippen LogP contribution in [0.5, 0.6) is 0 Å². The molecule has 19 heavy (non-hydrogen) atoms. The van der Waals surface area contributed by atoms with Crippen molar-refractivity contribution in [2.24, 2.45) is 0 Å². The summed E-state index contributed by atoms with van der Waals surface area (Å²) < 4.78 is 51.3. The number of aromatic nitrogens is 2. The van der Waals surface area contributed by atoms with Crippen LogP contribution in [0.3, 0.4) is 0 Å². The molecule has 1 aromatic carbocycles. The van der Waals surface area contributed by atoms with E-state index in [4.69, 9.17) is 0 Å². The highest BCUT2D eigenvalue weighted by atomic mass is 32.2. The van der Waals surface area contributed by atoms with Gasteiger partial charge in [0.05, 0.1) is 6.20 Å². The molecule has 0 aliphatic rings. The first-order valence-electron chi connectivity index (χ1n) is 5.30. The lowest BCUT2D eigenvalue weighted by Gasteiger charge is -2.16. The maximum Gasteiger partial charge on any atom is 0.246 e. The fraction of sp³-hybridized carbons (Fsp3) is 0.182. The molecular formula is C11H11F2N3O2S. The van der Waals surface area contributed by atoms with Gasteiger partial charge in [0.15, 0.2) is 0 Å². The molecule has 0 fully saturated rings. The number of H-pyrrole nitrogens is 1. The lowest BCUT2D eigenvalue weighted by molar-refractivity contribution is 0.455. The van der Waals surface area contributed by atoms with E-state index < -0.39 is 21.7 Å². The largest absolute Gasteiger partial charge is 0.284 e. The van der Waals surface area contributed by atoms with E-state index in [1.807, 2.05) is 0 Å². The Morgan fingerprint density at radius 3 is 2.68 bits per heavy atom. The molecule has 0 atom stereocenters. The van der Waals surface area contributed by atoms with Gasteiger partial charge in [-0.3, -0.25) is 5.10 Å². The maximum atomic E-state index is 13.5. The van der Waals surface area contributed by atoms with Gasteiger partial charge in [-0.2, -0.15) is 9.40 Å². The van der Waals surface area contributed by atoms with E-state index >= 15 is 0 Å². The van der Waals surface area contributed by atoms with Crippen molar-refractivity contribution < 1.29 is 17.2 Å². The third-order valence-corrected chi connectivity index (χ3v) is 4.36. The van der Waals surface area contributed by atoms with Gasteiger partial charge in [0.1, 0.15) is 16.5 Å². The second-order valence-corrected chi connectivity index (χ2v) is 5.98. The maximum absolute atomic E-state index is 13.5. The Bertz CT molecular complexity index is 671. The van der Waals surface area contributed by atoms with Crippen LogP contribution in [0, 0.1) is 11.6 Å². The van der Waals surface area contributed by atoms with Crippen LogP contribution in [0.15, 0.2) is 35.5 Å². The third-order valence-electron chi connectivity index (χ3n) is 2.59. The lowest BCUT2D eigenvalue weighted by Crippen LogP contribution is -2.26. The van der Waals surface area contributed by atoms with Gasteiger partial charge in [-0.15, -0.1) is 0 Å². The molecule has 0 saturated heterocycles. The molecule has 0 aliphatic heterocycles. The van der Waals surface area contributed by atoms with Crippen LogP contribution in [0.1, 0.15) is 5.56 Å². The van der Waals surface area contributed by atoms with E-state index in [-0.39, 0.29) is 17.0 Å². The van der Waals surface area contributed by atoms with Crippen LogP contribution in [0.25, 0.3) is 0 Å². The number of nitrogens with zero attached hydrogens (tertiary/aromatic N) is 2. The van der Waals surface area contributed by atoms with Gasteiger partial charge in [-0.1, -0.05) is 6.07 Å². The zero-order chi connectivity index (χ0) is 14.0. The Morgan fingerprint density at radius 1 is 1.37 bits per heavy atom. The van der Waals surface area contributed by atoms with E-state index in [1.54, 1.807) is 0 Å². The van der Waals surface area contributed by atoms with Crippen LogP contribution in [0.4, 0.5) is 8.78 Å².